The molecular formula is C14H11Br2NO2. The van der Waals surface area contributed by atoms with Gasteiger partial charge < -0.3 is 10.1 Å². The minimum absolute atomic E-state index is 0.162. The van der Waals surface area contributed by atoms with Crippen molar-refractivity contribution < 1.29 is 9.53 Å². The van der Waals surface area contributed by atoms with Crippen LogP contribution in [0.1, 0.15) is 10.4 Å². The van der Waals surface area contributed by atoms with Crippen LogP contribution in [0.3, 0.4) is 0 Å². The van der Waals surface area contributed by atoms with Crippen LogP contribution in [0.25, 0.3) is 0 Å². The molecule has 0 aliphatic carbocycles. The van der Waals surface area contributed by atoms with Crippen LogP contribution >= 0.6 is 31.9 Å². The van der Waals surface area contributed by atoms with Gasteiger partial charge >= 0.3 is 0 Å². The van der Waals surface area contributed by atoms with Crippen LogP contribution < -0.4 is 10.1 Å². The van der Waals surface area contributed by atoms with Crippen molar-refractivity contribution in [2.24, 2.45) is 0 Å². The van der Waals surface area contributed by atoms with Gasteiger partial charge in [-0.3, -0.25) is 4.79 Å². The predicted octanol–water partition coefficient (Wildman–Crippen LogP) is 4.47. The van der Waals surface area contributed by atoms with Crippen molar-refractivity contribution in [2.75, 3.05) is 12.4 Å². The maximum Gasteiger partial charge on any atom is 0.256 e. The van der Waals surface area contributed by atoms with Gasteiger partial charge in [-0.1, -0.05) is 15.9 Å². The summed E-state index contributed by atoms with van der Waals surface area (Å²) in [5.74, 6) is 0.590. The van der Waals surface area contributed by atoms with E-state index in [0.717, 1.165) is 20.4 Å². The van der Waals surface area contributed by atoms with Crippen LogP contribution in [0.2, 0.25) is 0 Å². The third-order valence-electron chi connectivity index (χ3n) is 2.52. The van der Waals surface area contributed by atoms with E-state index in [1.54, 1.807) is 37.4 Å². The summed E-state index contributed by atoms with van der Waals surface area (Å²) in [6, 6.07) is 12.6. The molecule has 0 unspecified atom stereocenters. The molecule has 0 bridgehead atoms. The summed E-state index contributed by atoms with van der Waals surface area (Å²) in [5.41, 5.74) is 1.31. The van der Waals surface area contributed by atoms with Gasteiger partial charge in [0.2, 0.25) is 0 Å². The number of carbonyl (C=O) groups excluding carboxylic acids is 1. The van der Waals surface area contributed by atoms with Gasteiger partial charge in [-0.25, -0.2) is 0 Å². The van der Waals surface area contributed by atoms with Crippen molar-refractivity contribution in [1.82, 2.24) is 0 Å². The Morgan fingerprint density at radius 1 is 1.11 bits per heavy atom. The maximum atomic E-state index is 12.1. The van der Waals surface area contributed by atoms with E-state index in [2.05, 4.69) is 37.2 Å². The largest absolute Gasteiger partial charge is 0.497 e. The van der Waals surface area contributed by atoms with E-state index in [9.17, 15) is 4.79 Å². The van der Waals surface area contributed by atoms with E-state index in [1.807, 2.05) is 12.1 Å². The van der Waals surface area contributed by atoms with Crippen LogP contribution in [0, 0.1) is 0 Å². The third kappa shape index (κ3) is 3.58. The molecule has 2 aromatic carbocycles. The van der Waals surface area contributed by atoms with Crippen LogP contribution in [-0.2, 0) is 0 Å². The zero-order valence-corrected chi connectivity index (χ0v) is 13.3. The number of nitrogens with one attached hydrogen (secondary N) is 1. The molecule has 5 heteroatoms. The number of anilines is 1. The average Bonchev–Trinajstić information content (AvgIpc) is 2.39. The fourth-order valence-electron chi connectivity index (χ4n) is 1.55. The molecule has 98 valence electrons. The summed E-state index contributed by atoms with van der Waals surface area (Å²) in [5, 5.41) is 2.83. The quantitative estimate of drug-likeness (QED) is 0.847. The van der Waals surface area contributed by atoms with Gasteiger partial charge in [0.15, 0.2) is 0 Å². The highest BCUT2D eigenvalue weighted by Crippen LogP contribution is 2.23. The molecule has 0 aromatic heterocycles. The monoisotopic (exact) mass is 383 g/mol. The smallest absolute Gasteiger partial charge is 0.256 e. The lowest BCUT2D eigenvalue weighted by molar-refractivity contribution is 0.102. The lowest BCUT2D eigenvalue weighted by Gasteiger charge is -2.08. The summed E-state index contributed by atoms with van der Waals surface area (Å²) in [4.78, 5) is 12.1. The van der Waals surface area contributed by atoms with E-state index >= 15 is 0 Å². The number of carbonyl (C=O) groups is 1. The van der Waals surface area contributed by atoms with E-state index in [1.165, 1.54) is 0 Å². The second kappa shape index (κ2) is 6.21. The van der Waals surface area contributed by atoms with Crippen molar-refractivity contribution in [3.8, 4) is 5.75 Å². The Balaban J connectivity index is 2.15. The molecule has 0 aliphatic heterocycles. The van der Waals surface area contributed by atoms with E-state index in [0.29, 0.717) is 5.56 Å². The first-order valence-electron chi connectivity index (χ1n) is 5.50. The van der Waals surface area contributed by atoms with Gasteiger partial charge in [-0.2, -0.15) is 0 Å². The van der Waals surface area contributed by atoms with E-state index in [4.69, 9.17) is 4.74 Å². The molecule has 0 aliphatic rings. The number of halogens is 2. The number of amides is 1. The highest BCUT2D eigenvalue weighted by atomic mass is 79.9. The second-order valence-electron chi connectivity index (χ2n) is 3.81. The van der Waals surface area contributed by atoms with Crippen molar-refractivity contribution >= 4 is 43.5 Å². The summed E-state index contributed by atoms with van der Waals surface area (Å²) < 4.78 is 6.73. The first kappa shape index (κ1) is 14.1. The highest BCUT2D eigenvalue weighted by molar-refractivity contribution is 9.11. The molecule has 2 rings (SSSR count). The van der Waals surface area contributed by atoms with Crippen molar-refractivity contribution in [3.63, 3.8) is 0 Å². The molecule has 0 saturated carbocycles. The van der Waals surface area contributed by atoms with Crippen molar-refractivity contribution in [1.29, 1.82) is 0 Å². The summed E-state index contributed by atoms with van der Waals surface area (Å²) in [7, 11) is 1.60. The SMILES string of the molecule is COc1ccc(NC(=O)c2ccc(Br)cc2Br)cc1. The first-order valence-corrected chi connectivity index (χ1v) is 7.09. The van der Waals surface area contributed by atoms with Gasteiger partial charge in [0.25, 0.3) is 5.91 Å². The molecule has 1 amide bonds. The molecule has 0 radical (unpaired) electrons. The Bertz CT molecular complexity index is 597. The number of hydrogen-bond donors (Lipinski definition) is 1. The lowest BCUT2D eigenvalue weighted by atomic mass is 10.2. The van der Waals surface area contributed by atoms with Crippen LogP contribution in [0.15, 0.2) is 51.4 Å². The van der Waals surface area contributed by atoms with Gasteiger partial charge in [0.1, 0.15) is 5.75 Å². The van der Waals surface area contributed by atoms with E-state index < -0.39 is 0 Å². The zero-order valence-electron chi connectivity index (χ0n) is 10.1. The average molecular weight is 385 g/mol. The third-order valence-corrected chi connectivity index (χ3v) is 3.67. The Kier molecular flexibility index (Phi) is 4.61. The Morgan fingerprint density at radius 3 is 2.37 bits per heavy atom. The Labute approximate surface area is 128 Å². The number of ether oxygens (including phenoxy) is 1. The molecule has 0 atom stereocenters. The first-order chi connectivity index (χ1) is 9.10. The van der Waals surface area contributed by atoms with Crippen LogP contribution in [0.5, 0.6) is 5.75 Å². The molecule has 19 heavy (non-hydrogen) atoms. The second-order valence-corrected chi connectivity index (χ2v) is 5.58. The fraction of sp³-hybridized carbons (Fsp3) is 0.0714. The standard InChI is InChI=1S/C14H11Br2NO2/c1-19-11-5-3-10(4-6-11)17-14(18)12-7-2-9(15)8-13(12)16/h2-8H,1H3,(H,17,18). The number of rotatable bonds is 3. The van der Waals surface area contributed by atoms with Crippen molar-refractivity contribution in [3.05, 3.63) is 57.0 Å². The minimum Gasteiger partial charge on any atom is -0.497 e. The van der Waals surface area contributed by atoms with Gasteiger partial charge in [-0.05, 0) is 58.4 Å². The maximum absolute atomic E-state index is 12.1. The molecule has 0 saturated heterocycles. The fourth-order valence-corrected chi connectivity index (χ4v) is 2.77. The molecule has 0 spiro atoms. The summed E-state index contributed by atoms with van der Waals surface area (Å²) >= 11 is 6.73. The highest BCUT2D eigenvalue weighted by Gasteiger charge is 2.10. The minimum atomic E-state index is -0.162. The summed E-state index contributed by atoms with van der Waals surface area (Å²) in [6.45, 7) is 0. The zero-order chi connectivity index (χ0) is 13.8. The number of benzene rings is 2. The predicted molar refractivity (Wildman–Crippen MR) is 82.8 cm³/mol. The van der Waals surface area contributed by atoms with Crippen molar-refractivity contribution in [2.45, 2.75) is 0 Å². The molecule has 1 N–H and O–H groups in total. The Hall–Kier alpha value is -1.33. The normalized spacial score (nSPS) is 10.1. The van der Waals surface area contributed by atoms with Gasteiger partial charge in [0, 0.05) is 14.6 Å². The molecule has 2 aromatic rings. The van der Waals surface area contributed by atoms with Crippen LogP contribution in [0.4, 0.5) is 5.69 Å². The number of methoxy groups -OCH3 is 1. The summed E-state index contributed by atoms with van der Waals surface area (Å²) in [6.07, 6.45) is 0. The molecule has 0 heterocycles. The van der Waals surface area contributed by atoms with Gasteiger partial charge in [-0.15, -0.1) is 0 Å². The van der Waals surface area contributed by atoms with Gasteiger partial charge in [0.05, 0.1) is 12.7 Å². The lowest BCUT2D eigenvalue weighted by Crippen LogP contribution is -2.12. The topological polar surface area (TPSA) is 38.3 Å². The Morgan fingerprint density at radius 2 is 1.79 bits per heavy atom. The molecular weight excluding hydrogens is 374 g/mol. The molecule has 0 fully saturated rings. The van der Waals surface area contributed by atoms with E-state index in [-0.39, 0.29) is 5.91 Å². The number of hydrogen-bond acceptors (Lipinski definition) is 2. The molecule has 3 nitrogen and oxygen atoms in total. The van der Waals surface area contributed by atoms with Crippen LogP contribution in [-0.4, -0.2) is 13.0 Å².